The van der Waals surface area contributed by atoms with Crippen molar-refractivity contribution in [3.05, 3.63) is 63.9 Å². The minimum absolute atomic E-state index is 0.0714. The summed E-state index contributed by atoms with van der Waals surface area (Å²) in [5, 5.41) is 12.7. The maximum absolute atomic E-state index is 13.4. The second kappa shape index (κ2) is 8.71. The number of Topliss-reactive ketones (excluding diaryl/α,β-unsaturated/α-hetero) is 1. The Morgan fingerprint density at radius 1 is 1.28 bits per heavy atom. The second-order valence-electron chi connectivity index (χ2n) is 6.55. The van der Waals surface area contributed by atoms with Crippen LogP contribution in [0.1, 0.15) is 28.9 Å². The molecule has 2 aromatic rings. The van der Waals surface area contributed by atoms with Gasteiger partial charge in [-0.25, -0.2) is 9.18 Å². The minimum Gasteiger partial charge on any atom is -0.491 e. The predicted octanol–water partition coefficient (Wildman–Crippen LogP) is 2.82. The van der Waals surface area contributed by atoms with Crippen molar-refractivity contribution >= 4 is 33.7 Å². The van der Waals surface area contributed by atoms with Crippen LogP contribution in [-0.2, 0) is 4.79 Å². The predicted molar refractivity (Wildman–Crippen MR) is 105 cm³/mol. The molecule has 152 valence electrons. The van der Waals surface area contributed by atoms with Crippen LogP contribution in [-0.4, -0.2) is 47.0 Å². The lowest BCUT2D eigenvalue weighted by Gasteiger charge is -2.18. The van der Waals surface area contributed by atoms with E-state index < -0.39 is 29.9 Å². The highest BCUT2D eigenvalue weighted by atomic mass is 79.9. The Hall–Kier alpha value is -2.78. The van der Waals surface area contributed by atoms with Crippen LogP contribution in [0.15, 0.2) is 46.9 Å². The largest absolute Gasteiger partial charge is 0.491 e. The molecule has 0 aliphatic carbocycles. The number of nitrogens with one attached hydrogen (secondary N) is 1. The van der Waals surface area contributed by atoms with Gasteiger partial charge in [0.2, 0.25) is 0 Å². The van der Waals surface area contributed by atoms with Crippen molar-refractivity contribution in [3.63, 3.8) is 0 Å². The van der Waals surface area contributed by atoms with Gasteiger partial charge in [-0.1, -0.05) is 6.07 Å². The monoisotopic (exact) mass is 464 g/mol. The van der Waals surface area contributed by atoms with Gasteiger partial charge in [0.05, 0.1) is 11.0 Å². The quantitative estimate of drug-likeness (QED) is 0.485. The van der Waals surface area contributed by atoms with Crippen LogP contribution < -0.4 is 10.1 Å². The first kappa shape index (κ1) is 20.9. The second-order valence-corrected chi connectivity index (χ2v) is 7.40. The number of hydrogen-bond acceptors (Lipinski definition) is 5. The first-order chi connectivity index (χ1) is 13.8. The molecule has 0 saturated carbocycles. The molecule has 3 amide bonds. The molecular weight excluding hydrogens is 447 g/mol. The molecule has 2 aromatic carbocycles. The summed E-state index contributed by atoms with van der Waals surface area (Å²) in [5.74, 6) is -0.650. The van der Waals surface area contributed by atoms with Crippen LogP contribution in [0.3, 0.4) is 0 Å². The minimum atomic E-state index is -1.11. The number of benzene rings is 2. The van der Waals surface area contributed by atoms with Crippen molar-refractivity contribution in [1.82, 2.24) is 10.2 Å². The molecule has 0 spiro atoms. The van der Waals surface area contributed by atoms with Crippen LogP contribution in [0.25, 0.3) is 0 Å². The molecule has 2 N–H and O–H groups in total. The van der Waals surface area contributed by atoms with E-state index in [1.165, 1.54) is 25.1 Å². The summed E-state index contributed by atoms with van der Waals surface area (Å²) in [5.41, 5.74) is 0.964. The summed E-state index contributed by atoms with van der Waals surface area (Å²) >= 11 is 3.05. The smallest absolute Gasteiger partial charge is 0.325 e. The van der Waals surface area contributed by atoms with Crippen molar-refractivity contribution in [1.29, 1.82) is 0 Å². The standard InChI is InChI=1S/C20H18BrFN2O5/c1-11(25)12-2-5-15(6-3-12)29-10-14(26)9-24-19(27)18(23-20(24)28)13-4-7-17(22)16(21)8-13/h2-8,14,18,26H,9-10H2,1H3,(H,23,28)/t14-,18-/m0/s1. The molecular formula is C20H18BrFN2O5. The Bertz CT molecular complexity index is 950. The number of ketones is 1. The Kier molecular flexibility index (Phi) is 6.29. The summed E-state index contributed by atoms with van der Waals surface area (Å²) in [4.78, 5) is 36.9. The van der Waals surface area contributed by atoms with E-state index in [0.717, 1.165) is 4.90 Å². The van der Waals surface area contributed by atoms with Gasteiger partial charge >= 0.3 is 6.03 Å². The number of rotatable bonds is 7. The van der Waals surface area contributed by atoms with Crippen molar-refractivity contribution in [2.24, 2.45) is 0 Å². The van der Waals surface area contributed by atoms with Crippen molar-refractivity contribution in [2.45, 2.75) is 19.1 Å². The molecule has 9 heteroatoms. The number of hydrogen-bond donors (Lipinski definition) is 2. The lowest BCUT2D eigenvalue weighted by Crippen LogP contribution is -2.39. The van der Waals surface area contributed by atoms with Crippen LogP contribution >= 0.6 is 15.9 Å². The number of aliphatic hydroxyl groups excluding tert-OH is 1. The van der Waals surface area contributed by atoms with E-state index in [4.69, 9.17) is 4.74 Å². The van der Waals surface area contributed by atoms with E-state index in [0.29, 0.717) is 16.9 Å². The maximum atomic E-state index is 13.4. The summed E-state index contributed by atoms with van der Waals surface area (Å²) < 4.78 is 19.0. The Balaban J connectivity index is 1.59. The van der Waals surface area contributed by atoms with Gasteiger partial charge in [-0.2, -0.15) is 0 Å². The Labute approximate surface area is 174 Å². The number of amides is 3. The normalized spacial score (nSPS) is 17.2. The maximum Gasteiger partial charge on any atom is 0.325 e. The highest BCUT2D eigenvalue weighted by Crippen LogP contribution is 2.26. The lowest BCUT2D eigenvalue weighted by molar-refractivity contribution is -0.128. The number of nitrogens with zero attached hydrogens (tertiary/aromatic N) is 1. The fourth-order valence-electron chi connectivity index (χ4n) is 2.85. The Morgan fingerprint density at radius 2 is 1.97 bits per heavy atom. The molecule has 1 saturated heterocycles. The van der Waals surface area contributed by atoms with Crippen LogP contribution in [0.2, 0.25) is 0 Å². The van der Waals surface area contributed by atoms with E-state index in [2.05, 4.69) is 21.2 Å². The first-order valence-corrected chi connectivity index (χ1v) is 9.54. The molecule has 1 fully saturated rings. The molecule has 29 heavy (non-hydrogen) atoms. The third kappa shape index (κ3) is 4.80. The summed E-state index contributed by atoms with van der Waals surface area (Å²) in [6, 6.07) is 8.83. The first-order valence-electron chi connectivity index (χ1n) is 8.75. The molecule has 0 radical (unpaired) electrons. The highest BCUT2D eigenvalue weighted by molar-refractivity contribution is 9.10. The number of carbonyl (C=O) groups is 3. The summed E-state index contributed by atoms with van der Waals surface area (Å²) in [7, 11) is 0. The zero-order valence-electron chi connectivity index (χ0n) is 15.4. The van der Waals surface area contributed by atoms with Gasteiger partial charge in [0, 0.05) is 5.56 Å². The topological polar surface area (TPSA) is 95.9 Å². The number of urea groups is 1. The van der Waals surface area contributed by atoms with Crippen molar-refractivity contribution in [3.8, 4) is 5.75 Å². The SMILES string of the molecule is CC(=O)c1ccc(OC[C@@H](O)CN2C(=O)N[C@@H](c3ccc(F)c(Br)c3)C2=O)cc1. The van der Waals surface area contributed by atoms with Gasteiger partial charge < -0.3 is 15.2 Å². The van der Waals surface area contributed by atoms with E-state index in [9.17, 15) is 23.9 Å². The number of carbonyl (C=O) groups excluding carboxylic acids is 3. The third-order valence-corrected chi connectivity index (χ3v) is 5.01. The van der Waals surface area contributed by atoms with Crippen LogP contribution in [0, 0.1) is 5.82 Å². The number of imide groups is 1. The summed E-state index contributed by atoms with van der Waals surface area (Å²) in [6.07, 6.45) is -1.11. The molecule has 7 nitrogen and oxygen atoms in total. The van der Waals surface area contributed by atoms with Crippen LogP contribution in [0.5, 0.6) is 5.75 Å². The molecule has 2 atom stereocenters. The van der Waals surface area contributed by atoms with Crippen LogP contribution in [0.4, 0.5) is 9.18 Å². The number of halogens is 2. The molecule has 0 aromatic heterocycles. The van der Waals surface area contributed by atoms with E-state index >= 15 is 0 Å². The average Bonchev–Trinajstić information content (AvgIpc) is 2.97. The van der Waals surface area contributed by atoms with Gasteiger partial charge in [0.25, 0.3) is 5.91 Å². The average molecular weight is 465 g/mol. The number of β-amino-alcohol motifs (C(OH)–C–C–N with tert-alkyl or cyclic N) is 1. The third-order valence-electron chi connectivity index (χ3n) is 4.40. The summed E-state index contributed by atoms with van der Waals surface area (Å²) in [6.45, 7) is 1.05. The molecule has 3 rings (SSSR count). The molecule has 0 unspecified atom stereocenters. The fourth-order valence-corrected chi connectivity index (χ4v) is 3.25. The van der Waals surface area contributed by atoms with Gasteiger partial charge in [0.1, 0.15) is 30.3 Å². The van der Waals surface area contributed by atoms with Gasteiger partial charge in [-0.15, -0.1) is 0 Å². The van der Waals surface area contributed by atoms with Gasteiger partial charge in [-0.05, 0) is 64.8 Å². The molecule has 0 bridgehead atoms. The highest BCUT2D eigenvalue weighted by Gasteiger charge is 2.40. The van der Waals surface area contributed by atoms with Gasteiger partial charge in [0.15, 0.2) is 5.78 Å². The molecule has 1 aliphatic rings. The molecule has 1 aliphatic heterocycles. The van der Waals surface area contributed by atoms with Crippen molar-refractivity contribution < 1.29 is 28.6 Å². The van der Waals surface area contributed by atoms with E-state index in [1.807, 2.05) is 0 Å². The number of aliphatic hydroxyl groups is 1. The Morgan fingerprint density at radius 3 is 2.59 bits per heavy atom. The fraction of sp³-hybridized carbons (Fsp3) is 0.250. The van der Waals surface area contributed by atoms with Crippen molar-refractivity contribution in [2.75, 3.05) is 13.2 Å². The molecule has 1 heterocycles. The zero-order chi connectivity index (χ0) is 21.1. The number of ether oxygens (including phenoxy) is 1. The van der Waals surface area contributed by atoms with E-state index in [-0.39, 0.29) is 23.4 Å². The van der Waals surface area contributed by atoms with E-state index in [1.54, 1.807) is 24.3 Å². The lowest BCUT2D eigenvalue weighted by atomic mass is 10.1. The zero-order valence-corrected chi connectivity index (χ0v) is 17.0. The van der Waals surface area contributed by atoms with Gasteiger partial charge in [-0.3, -0.25) is 14.5 Å².